The Morgan fingerprint density at radius 3 is 2.80 bits per heavy atom. The maximum absolute atomic E-state index is 6.04. The fourth-order valence-corrected chi connectivity index (χ4v) is 1.54. The second-order valence-electron chi connectivity index (χ2n) is 3.58. The highest BCUT2D eigenvalue weighted by Gasteiger charge is 2.06. The van der Waals surface area contributed by atoms with Gasteiger partial charge in [-0.25, -0.2) is 0 Å². The highest BCUT2D eigenvalue weighted by Crippen LogP contribution is 2.21. The molecule has 0 spiro atoms. The molecule has 0 bridgehead atoms. The molecule has 0 saturated carbocycles. The zero-order chi connectivity index (χ0) is 11.3. The van der Waals surface area contributed by atoms with Gasteiger partial charge in [0.15, 0.2) is 0 Å². The van der Waals surface area contributed by atoms with Gasteiger partial charge in [-0.15, -0.1) is 11.8 Å². The van der Waals surface area contributed by atoms with Crippen molar-refractivity contribution in [3.63, 3.8) is 0 Å². The van der Waals surface area contributed by atoms with Crippen LogP contribution in [0.4, 0.5) is 0 Å². The number of hydrogen-bond donors (Lipinski definition) is 1. The average Bonchev–Trinajstić information content (AvgIpc) is 2.22. The number of halogens is 1. The molecule has 1 unspecified atom stereocenters. The smallest absolute Gasteiger partial charge is 0.0435 e. The van der Waals surface area contributed by atoms with Crippen molar-refractivity contribution >= 4 is 11.6 Å². The van der Waals surface area contributed by atoms with E-state index in [0.717, 1.165) is 29.0 Å². The fraction of sp³-hybridized carbons (Fsp3) is 0.385. The minimum Gasteiger partial charge on any atom is -0.324 e. The van der Waals surface area contributed by atoms with E-state index in [4.69, 9.17) is 17.3 Å². The maximum atomic E-state index is 6.04. The van der Waals surface area contributed by atoms with E-state index < -0.39 is 0 Å². The van der Waals surface area contributed by atoms with Crippen LogP contribution in [0.1, 0.15) is 36.9 Å². The van der Waals surface area contributed by atoms with Crippen LogP contribution in [0, 0.1) is 18.8 Å². The molecule has 1 nitrogen and oxygen atoms in total. The van der Waals surface area contributed by atoms with E-state index in [2.05, 4.69) is 11.8 Å². The summed E-state index contributed by atoms with van der Waals surface area (Å²) in [7, 11) is 0. The Hall–Kier alpha value is -0.970. The fourth-order valence-electron chi connectivity index (χ4n) is 1.42. The van der Waals surface area contributed by atoms with Gasteiger partial charge in [0.05, 0.1) is 0 Å². The van der Waals surface area contributed by atoms with Crippen molar-refractivity contribution in [1.82, 2.24) is 0 Å². The molecule has 1 rings (SSSR count). The number of aryl methyl sites for hydroxylation is 1. The molecule has 0 aliphatic carbocycles. The molecule has 1 aromatic rings. The molecule has 15 heavy (non-hydrogen) atoms. The van der Waals surface area contributed by atoms with E-state index in [1.807, 2.05) is 32.0 Å². The van der Waals surface area contributed by atoms with Crippen LogP contribution in [0.5, 0.6) is 0 Å². The van der Waals surface area contributed by atoms with Crippen molar-refractivity contribution in [3.05, 3.63) is 34.3 Å². The Morgan fingerprint density at radius 2 is 2.20 bits per heavy atom. The molecule has 0 radical (unpaired) electrons. The van der Waals surface area contributed by atoms with Crippen LogP contribution in [0.2, 0.25) is 5.02 Å². The summed E-state index contributed by atoms with van der Waals surface area (Å²) in [5.41, 5.74) is 8.25. The zero-order valence-corrected chi connectivity index (χ0v) is 9.93. The second-order valence-corrected chi connectivity index (χ2v) is 3.99. The zero-order valence-electron chi connectivity index (χ0n) is 9.18. The first-order valence-electron chi connectivity index (χ1n) is 5.06. The summed E-state index contributed by atoms with van der Waals surface area (Å²) < 4.78 is 0. The van der Waals surface area contributed by atoms with Crippen LogP contribution in [0.3, 0.4) is 0 Å². The lowest BCUT2D eigenvalue weighted by Crippen LogP contribution is -2.09. The van der Waals surface area contributed by atoms with Crippen molar-refractivity contribution in [2.24, 2.45) is 5.73 Å². The predicted molar refractivity (Wildman–Crippen MR) is 65.8 cm³/mol. The summed E-state index contributed by atoms with van der Waals surface area (Å²) >= 11 is 5.95. The Labute approximate surface area is 96.6 Å². The summed E-state index contributed by atoms with van der Waals surface area (Å²) in [4.78, 5) is 0. The van der Waals surface area contributed by atoms with Gasteiger partial charge in [0.2, 0.25) is 0 Å². The first kappa shape index (κ1) is 12.1. The van der Waals surface area contributed by atoms with Crippen molar-refractivity contribution in [2.75, 3.05) is 0 Å². The van der Waals surface area contributed by atoms with Crippen molar-refractivity contribution in [2.45, 2.75) is 32.7 Å². The highest BCUT2D eigenvalue weighted by molar-refractivity contribution is 6.31. The molecule has 80 valence electrons. The molecule has 1 aromatic carbocycles. The Morgan fingerprint density at radius 1 is 1.47 bits per heavy atom. The Bertz CT molecular complexity index is 387. The van der Waals surface area contributed by atoms with E-state index in [0.29, 0.717) is 0 Å². The van der Waals surface area contributed by atoms with E-state index in [1.165, 1.54) is 0 Å². The summed E-state index contributed by atoms with van der Waals surface area (Å²) in [6, 6.07) is 5.99. The van der Waals surface area contributed by atoms with E-state index >= 15 is 0 Å². The monoisotopic (exact) mass is 221 g/mol. The van der Waals surface area contributed by atoms with Gasteiger partial charge >= 0.3 is 0 Å². The van der Waals surface area contributed by atoms with Gasteiger partial charge in [-0.2, -0.15) is 0 Å². The van der Waals surface area contributed by atoms with Crippen LogP contribution in [0.15, 0.2) is 18.2 Å². The Balaban J connectivity index is 2.68. The number of hydrogen-bond acceptors (Lipinski definition) is 1. The van der Waals surface area contributed by atoms with Crippen molar-refractivity contribution in [1.29, 1.82) is 0 Å². The van der Waals surface area contributed by atoms with Gasteiger partial charge in [0.25, 0.3) is 0 Å². The molecule has 0 aliphatic rings. The van der Waals surface area contributed by atoms with E-state index in [-0.39, 0.29) is 6.04 Å². The van der Waals surface area contributed by atoms with Gasteiger partial charge in [-0.1, -0.05) is 23.7 Å². The molecule has 0 saturated heterocycles. The molecule has 0 aliphatic heterocycles. The molecule has 0 heterocycles. The Kier molecular flexibility index (Phi) is 4.68. The normalized spacial score (nSPS) is 11.7. The van der Waals surface area contributed by atoms with Gasteiger partial charge < -0.3 is 5.73 Å². The SMILES string of the molecule is CC#CCCC(N)c1ccc(Cl)c(C)c1. The molecular weight excluding hydrogens is 206 g/mol. The molecule has 0 amide bonds. The molecule has 0 aromatic heterocycles. The third kappa shape index (κ3) is 3.58. The number of rotatable bonds is 3. The highest BCUT2D eigenvalue weighted by atomic mass is 35.5. The van der Waals surface area contributed by atoms with Crippen LogP contribution < -0.4 is 5.73 Å². The number of nitrogens with two attached hydrogens (primary N) is 1. The first-order valence-corrected chi connectivity index (χ1v) is 5.44. The van der Waals surface area contributed by atoms with Crippen LogP contribution in [-0.4, -0.2) is 0 Å². The molecule has 2 N–H and O–H groups in total. The van der Waals surface area contributed by atoms with E-state index in [9.17, 15) is 0 Å². The van der Waals surface area contributed by atoms with Crippen LogP contribution in [-0.2, 0) is 0 Å². The standard InChI is InChI=1S/C13H16ClN/c1-3-4-5-6-13(15)11-7-8-12(14)10(2)9-11/h7-9,13H,5-6,15H2,1-2H3. The quantitative estimate of drug-likeness (QED) is 0.778. The molecule has 1 atom stereocenters. The first-order chi connectivity index (χ1) is 7.15. The third-order valence-electron chi connectivity index (χ3n) is 2.37. The minimum absolute atomic E-state index is 0.0572. The second kappa shape index (κ2) is 5.80. The molecule has 0 fully saturated rings. The number of benzene rings is 1. The topological polar surface area (TPSA) is 26.0 Å². The van der Waals surface area contributed by atoms with Crippen LogP contribution >= 0.6 is 11.6 Å². The van der Waals surface area contributed by atoms with Crippen LogP contribution in [0.25, 0.3) is 0 Å². The third-order valence-corrected chi connectivity index (χ3v) is 2.79. The van der Waals surface area contributed by atoms with Gasteiger partial charge in [-0.3, -0.25) is 0 Å². The van der Waals surface area contributed by atoms with Gasteiger partial charge in [0.1, 0.15) is 0 Å². The van der Waals surface area contributed by atoms with Crippen molar-refractivity contribution in [3.8, 4) is 11.8 Å². The lowest BCUT2D eigenvalue weighted by molar-refractivity contribution is 0.667. The predicted octanol–water partition coefficient (Wildman–Crippen LogP) is 3.45. The molecular formula is C13H16ClN. The molecule has 2 heteroatoms. The minimum atomic E-state index is 0.0572. The summed E-state index contributed by atoms with van der Waals surface area (Å²) in [5.74, 6) is 5.89. The van der Waals surface area contributed by atoms with Crippen molar-refractivity contribution < 1.29 is 0 Å². The van der Waals surface area contributed by atoms with Gasteiger partial charge in [0, 0.05) is 17.5 Å². The average molecular weight is 222 g/mol. The lowest BCUT2D eigenvalue weighted by Gasteiger charge is -2.11. The largest absolute Gasteiger partial charge is 0.324 e. The summed E-state index contributed by atoms with van der Waals surface area (Å²) in [6.45, 7) is 3.84. The summed E-state index contributed by atoms with van der Waals surface area (Å²) in [6.07, 6.45) is 1.74. The maximum Gasteiger partial charge on any atom is 0.0435 e. The lowest BCUT2D eigenvalue weighted by atomic mass is 10.0. The van der Waals surface area contributed by atoms with E-state index in [1.54, 1.807) is 0 Å². The summed E-state index contributed by atoms with van der Waals surface area (Å²) in [5, 5.41) is 0.791. The van der Waals surface area contributed by atoms with Gasteiger partial charge in [-0.05, 0) is 37.5 Å².